The molecule has 0 amide bonds. The Morgan fingerprint density at radius 3 is 3.00 bits per heavy atom. The maximum Gasteiger partial charge on any atom is 0.149 e. The van der Waals surface area contributed by atoms with Gasteiger partial charge in [0.05, 0.1) is 17.3 Å². The zero-order chi connectivity index (χ0) is 10.6. The molecule has 0 aliphatic heterocycles. The van der Waals surface area contributed by atoms with Gasteiger partial charge in [-0.2, -0.15) is 0 Å². The molecule has 0 aromatic carbocycles. The maximum atomic E-state index is 5.72. The van der Waals surface area contributed by atoms with E-state index in [1.165, 1.54) is 0 Å². The van der Waals surface area contributed by atoms with Gasteiger partial charge in [-0.15, -0.1) is 0 Å². The van der Waals surface area contributed by atoms with Gasteiger partial charge >= 0.3 is 0 Å². The number of hydrogen-bond acceptors (Lipinski definition) is 4. The molecule has 0 fully saturated rings. The first-order chi connectivity index (χ1) is 6.63. The molecular weight excluding hydrogens is 202 g/mol. The summed E-state index contributed by atoms with van der Waals surface area (Å²) in [7, 11) is 1.65. The van der Waals surface area contributed by atoms with Crippen LogP contribution < -0.4 is 11.1 Å². The van der Waals surface area contributed by atoms with Crippen molar-refractivity contribution >= 4 is 23.1 Å². The van der Waals surface area contributed by atoms with E-state index in [1.54, 1.807) is 19.4 Å². The largest absolute Gasteiger partial charge is 0.396 e. The van der Waals surface area contributed by atoms with Crippen LogP contribution in [0.15, 0.2) is 12.3 Å². The Morgan fingerprint density at radius 2 is 2.43 bits per heavy atom. The van der Waals surface area contributed by atoms with Gasteiger partial charge in [0.1, 0.15) is 5.82 Å². The summed E-state index contributed by atoms with van der Waals surface area (Å²) in [5.41, 5.74) is 6.26. The first-order valence-corrected chi connectivity index (χ1v) is 4.67. The van der Waals surface area contributed by atoms with Crippen LogP contribution >= 0.6 is 11.6 Å². The summed E-state index contributed by atoms with van der Waals surface area (Å²) in [4.78, 5) is 4.08. The molecule has 14 heavy (non-hydrogen) atoms. The van der Waals surface area contributed by atoms with Crippen LogP contribution in [0.25, 0.3) is 0 Å². The van der Waals surface area contributed by atoms with Gasteiger partial charge in [-0.05, 0) is 13.0 Å². The van der Waals surface area contributed by atoms with Gasteiger partial charge in [0.2, 0.25) is 0 Å². The molecule has 3 N–H and O–H groups in total. The molecule has 0 saturated carbocycles. The minimum Gasteiger partial charge on any atom is -0.396 e. The van der Waals surface area contributed by atoms with Crippen LogP contribution in [0.2, 0.25) is 5.02 Å². The van der Waals surface area contributed by atoms with Crippen LogP contribution in [0.4, 0.5) is 11.5 Å². The Hall–Kier alpha value is -1.00. The number of anilines is 2. The molecule has 78 valence electrons. The fourth-order valence-electron chi connectivity index (χ4n) is 1.10. The number of aromatic nitrogens is 1. The third-order valence-corrected chi connectivity index (χ3v) is 1.89. The molecule has 0 aliphatic carbocycles. The first kappa shape index (κ1) is 11.1. The van der Waals surface area contributed by atoms with E-state index in [-0.39, 0.29) is 6.04 Å². The van der Waals surface area contributed by atoms with Crippen molar-refractivity contribution in [1.29, 1.82) is 0 Å². The minimum atomic E-state index is 0.163. The summed E-state index contributed by atoms with van der Waals surface area (Å²) in [5.74, 6) is 0.638. The zero-order valence-electron chi connectivity index (χ0n) is 8.25. The molecular formula is C9H14ClN3O. The SMILES string of the molecule is COCC(C)Nc1ncc(Cl)cc1N. The Labute approximate surface area is 88.4 Å². The lowest BCUT2D eigenvalue weighted by Crippen LogP contribution is -2.22. The Kier molecular flexibility index (Phi) is 3.98. The molecule has 1 aromatic rings. The van der Waals surface area contributed by atoms with Crippen LogP contribution in [0.1, 0.15) is 6.92 Å². The quantitative estimate of drug-likeness (QED) is 0.804. The molecule has 1 atom stereocenters. The van der Waals surface area contributed by atoms with Crippen LogP contribution in [0, 0.1) is 0 Å². The highest BCUT2D eigenvalue weighted by molar-refractivity contribution is 6.30. The number of hydrogen-bond donors (Lipinski definition) is 2. The smallest absolute Gasteiger partial charge is 0.149 e. The monoisotopic (exact) mass is 215 g/mol. The number of rotatable bonds is 4. The molecule has 0 radical (unpaired) electrons. The van der Waals surface area contributed by atoms with Crippen LogP contribution in [-0.4, -0.2) is 24.7 Å². The molecule has 1 heterocycles. The number of nitrogens with one attached hydrogen (secondary N) is 1. The summed E-state index contributed by atoms with van der Waals surface area (Å²) in [6.45, 7) is 2.59. The lowest BCUT2D eigenvalue weighted by atomic mass is 10.3. The van der Waals surface area contributed by atoms with Gasteiger partial charge in [0.25, 0.3) is 0 Å². The van der Waals surface area contributed by atoms with Crippen LogP contribution in [0.5, 0.6) is 0 Å². The second kappa shape index (κ2) is 5.02. The highest BCUT2D eigenvalue weighted by Crippen LogP contribution is 2.19. The number of nitrogen functional groups attached to an aromatic ring is 1. The predicted molar refractivity (Wildman–Crippen MR) is 58.6 cm³/mol. The number of pyridine rings is 1. The van der Waals surface area contributed by atoms with E-state index in [1.807, 2.05) is 6.92 Å². The van der Waals surface area contributed by atoms with E-state index in [2.05, 4.69) is 10.3 Å². The van der Waals surface area contributed by atoms with Gasteiger partial charge in [-0.3, -0.25) is 0 Å². The maximum absolute atomic E-state index is 5.72. The number of nitrogens with zero attached hydrogens (tertiary/aromatic N) is 1. The first-order valence-electron chi connectivity index (χ1n) is 4.30. The molecule has 1 unspecified atom stereocenters. The summed E-state index contributed by atoms with van der Waals surface area (Å²) < 4.78 is 4.98. The van der Waals surface area contributed by atoms with E-state index in [0.29, 0.717) is 23.1 Å². The van der Waals surface area contributed by atoms with Crippen molar-refractivity contribution in [3.05, 3.63) is 17.3 Å². The second-order valence-corrected chi connectivity index (χ2v) is 3.53. The van der Waals surface area contributed by atoms with Crippen molar-refractivity contribution in [2.45, 2.75) is 13.0 Å². The third-order valence-electron chi connectivity index (χ3n) is 1.68. The van der Waals surface area contributed by atoms with Gasteiger partial charge in [0, 0.05) is 19.3 Å². The predicted octanol–water partition coefficient (Wildman–Crippen LogP) is 1.76. The summed E-state index contributed by atoms with van der Waals surface area (Å²) >= 11 is 5.72. The Morgan fingerprint density at radius 1 is 1.71 bits per heavy atom. The molecule has 0 bridgehead atoms. The summed E-state index contributed by atoms with van der Waals surface area (Å²) in [5, 5.41) is 3.65. The Balaban J connectivity index is 2.67. The highest BCUT2D eigenvalue weighted by atomic mass is 35.5. The summed E-state index contributed by atoms with van der Waals surface area (Å²) in [6.07, 6.45) is 1.56. The fraction of sp³-hybridized carbons (Fsp3) is 0.444. The van der Waals surface area contributed by atoms with Crippen LogP contribution in [0.3, 0.4) is 0 Å². The van der Waals surface area contributed by atoms with Gasteiger partial charge in [0.15, 0.2) is 0 Å². The van der Waals surface area contributed by atoms with Crippen LogP contribution in [-0.2, 0) is 4.74 Å². The van der Waals surface area contributed by atoms with E-state index < -0.39 is 0 Å². The van der Waals surface area contributed by atoms with E-state index in [0.717, 1.165) is 0 Å². The fourth-order valence-corrected chi connectivity index (χ4v) is 1.27. The van der Waals surface area contributed by atoms with E-state index in [4.69, 9.17) is 22.1 Å². The number of halogens is 1. The third kappa shape index (κ3) is 3.05. The van der Waals surface area contributed by atoms with Crippen molar-refractivity contribution in [2.24, 2.45) is 0 Å². The van der Waals surface area contributed by atoms with Gasteiger partial charge in [-0.25, -0.2) is 4.98 Å². The highest BCUT2D eigenvalue weighted by Gasteiger charge is 2.05. The van der Waals surface area contributed by atoms with Crippen molar-refractivity contribution in [2.75, 3.05) is 24.8 Å². The molecule has 0 saturated heterocycles. The normalized spacial score (nSPS) is 12.5. The average Bonchev–Trinajstić information content (AvgIpc) is 2.10. The lowest BCUT2D eigenvalue weighted by molar-refractivity contribution is 0.190. The van der Waals surface area contributed by atoms with Gasteiger partial charge in [-0.1, -0.05) is 11.6 Å². The molecule has 1 rings (SSSR count). The summed E-state index contributed by atoms with van der Waals surface area (Å²) in [6, 6.07) is 1.83. The minimum absolute atomic E-state index is 0.163. The topological polar surface area (TPSA) is 60.2 Å². The molecule has 0 aliphatic rings. The number of nitrogens with two attached hydrogens (primary N) is 1. The zero-order valence-corrected chi connectivity index (χ0v) is 9.01. The number of ether oxygens (including phenoxy) is 1. The lowest BCUT2D eigenvalue weighted by Gasteiger charge is -2.14. The second-order valence-electron chi connectivity index (χ2n) is 3.09. The molecule has 4 nitrogen and oxygen atoms in total. The average molecular weight is 216 g/mol. The molecule has 1 aromatic heterocycles. The number of methoxy groups -OCH3 is 1. The van der Waals surface area contributed by atoms with E-state index >= 15 is 0 Å². The molecule has 5 heteroatoms. The van der Waals surface area contributed by atoms with E-state index in [9.17, 15) is 0 Å². The van der Waals surface area contributed by atoms with Crippen molar-refractivity contribution in [3.63, 3.8) is 0 Å². The molecule has 0 spiro atoms. The van der Waals surface area contributed by atoms with Crippen molar-refractivity contribution in [1.82, 2.24) is 4.98 Å². The van der Waals surface area contributed by atoms with Crippen molar-refractivity contribution in [3.8, 4) is 0 Å². The Bertz CT molecular complexity index is 306. The van der Waals surface area contributed by atoms with Crippen molar-refractivity contribution < 1.29 is 4.74 Å². The standard InChI is InChI=1S/C9H14ClN3O/c1-6(5-14-2)13-9-8(11)3-7(10)4-12-9/h3-4,6H,5,11H2,1-2H3,(H,12,13). The van der Waals surface area contributed by atoms with Gasteiger partial charge < -0.3 is 15.8 Å².